The van der Waals surface area contributed by atoms with Gasteiger partial charge in [0.05, 0.1) is 0 Å². The molecule has 4 heteroatoms. The van der Waals surface area contributed by atoms with Crippen molar-refractivity contribution in [3.05, 3.63) is 58.3 Å². The predicted octanol–water partition coefficient (Wildman–Crippen LogP) is 2.24. The van der Waals surface area contributed by atoms with E-state index in [9.17, 15) is 4.79 Å². The van der Waals surface area contributed by atoms with E-state index in [4.69, 9.17) is 5.73 Å². The first-order chi connectivity index (χ1) is 8.60. The van der Waals surface area contributed by atoms with E-state index in [0.29, 0.717) is 6.54 Å². The van der Waals surface area contributed by atoms with Crippen LogP contribution in [0.3, 0.4) is 0 Å². The third kappa shape index (κ3) is 2.78. The number of nitrogens with two attached hydrogens (primary N) is 1. The number of benzene rings is 1. The van der Waals surface area contributed by atoms with E-state index in [1.54, 1.807) is 18.3 Å². The van der Waals surface area contributed by atoms with Gasteiger partial charge in [-0.05, 0) is 34.9 Å². The van der Waals surface area contributed by atoms with E-state index in [0.717, 1.165) is 11.1 Å². The first-order valence-corrected chi connectivity index (χ1v) is 6.69. The molecule has 0 aliphatic rings. The Balaban J connectivity index is 2.04. The fourth-order valence-electron chi connectivity index (χ4n) is 1.67. The zero-order valence-electron chi connectivity index (χ0n) is 10.2. The van der Waals surface area contributed by atoms with E-state index in [1.807, 2.05) is 47.2 Å². The second-order valence-corrected chi connectivity index (χ2v) is 5.16. The molecule has 1 unspecified atom stereocenters. The molecule has 3 nitrogen and oxygen atoms in total. The molecule has 94 valence electrons. The van der Waals surface area contributed by atoms with Crippen LogP contribution in [0.25, 0.3) is 0 Å². The van der Waals surface area contributed by atoms with Crippen LogP contribution in [0.2, 0.25) is 0 Å². The molecule has 0 fully saturated rings. The molecule has 0 aliphatic heterocycles. The van der Waals surface area contributed by atoms with Crippen molar-refractivity contribution in [3.8, 4) is 0 Å². The Bertz CT molecular complexity index is 506. The van der Waals surface area contributed by atoms with Gasteiger partial charge in [0, 0.05) is 6.54 Å². The normalized spacial score (nSPS) is 13.9. The summed E-state index contributed by atoms with van der Waals surface area (Å²) >= 11 is 1.61. The van der Waals surface area contributed by atoms with E-state index >= 15 is 0 Å². The topological polar surface area (TPSA) is 55.1 Å². The van der Waals surface area contributed by atoms with Gasteiger partial charge in [0.25, 0.3) is 0 Å². The third-order valence-electron chi connectivity index (χ3n) is 2.88. The Hall–Kier alpha value is -1.65. The maximum atomic E-state index is 12.1. The molecule has 1 heterocycles. The second-order valence-electron chi connectivity index (χ2n) is 4.38. The van der Waals surface area contributed by atoms with E-state index in [2.05, 4.69) is 5.32 Å². The number of amides is 1. The van der Waals surface area contributed by atoms with Crippen LogP contribution < -0.4 is 11.1 Å². The zero-order valence-corrected chi connectivity index (χ0v) is 11.0. The monoisotopic (exact) mass is 260 g/mol. The molecule has 2 rings (SSSR count). The van der Waals surface area contributed by atoms with Gasteiger partial charge in [0.2, 0.25) is 5.91 Å². The average molecular weight is 260 g/mol. The van der Waals surface area contributed by atoms with Crippen molar-refractivity contribution < 1.29 is 4.79 Å². The molecule has 1 atom stereocenters. The maximum absolute atomic E-state index is 12.1. The lowest BCUT2D eigenvalue weighted by Crippen LogP contribution is -2.48. The van der Waals surface area contributed by atoms with Gasteiger partial charge < -0.3 is 11.1 Å². The van der Waals surface area contributed by atoms with Crippen LogP contribution in [0.15, 0.2) is 47.2 Å². The number of carbonyl (C=O) groups excluding carboxylic acids is 1. The third-order valence-corrected chi connectivity index (χ3v) is 3.61. The van der Waals surface area contributed by atoms with Crippen molar-refractivity contribution in [1.29, 1.82) is 0 Å². The molecule has 0 aliphatic carbocycles. The number of nitrogens with one attached hydrogen (secondary N) is 1. The lowest BCUT2D eigenvalue weighted by molar-refractivity contribution is -0.126. The summed E-state index contributed by atoms with van der Waals surface area (Å²) in [7, 11) is 0. The lowest BCUT2D eigenvalue weighted by Gasteiger charge is -2.24. The Kier molecular flexibility index (Phi) is 3.79. The summed E-state index contributed by atoms with van der Waals surface area (Å²) in [5.74, 6) is -0.167. The number of hydrogen-bond donors (Lipinski definition) is 2. The summed E-state index contributed by atoms with van der Waals surface area (Å²) in [6.45, 7) is 2.24. The standard InChI is InChI=1S/C14H16N2OS/c1-14(15,12-5-3-2-4-6-12)13(17)16-9-11-7-8-18-10-11/h2-8,10H,9,15H2,1H3,(H,16,17). The van der Waals surface area contributed by atoms with Crippen LogP contribution in [0.5, 0.6) is 0 Å². The Labute approximate surface area is 111 Å². The van der Waals surface area contributed by atoms with Crippen LogP contribution in [0.4, 0.5) is 0 Å². The highest BCUT2D eigenvalue weighted by Gasteiger charge is 2.29. The Morgan fingerprint density at radius 1 is 1.33 bits per heavy atom. The van der Waals surface area contributed by atoms with Gasteiger partial charge in [0.1, 0.15) is 5.54 Å². The lowest BCUT2D eigenvalue weighted by atomic mass is 9.92. The summed E-state index contributed by atoms with van der Waals surface area (Å²) in [6.07, 6.45) is 0. The van der Waals surface area contributed by atoms with Gasteiger partial charge in [-0.15, -0.1) is 0 Å². The molecule has 1 aromatic carbocycles. The summed E-state index contributed by atoms with van der Waals surface area (Å²) < 4.78 is 0. The molecule has 0 radical (unpaired) electrons. The van der Waals surface area contributed by atoms with Gasteiger partial charge in [-0.1, -0.05) is 30.3 Å². The second kappa shape index (κ2) is 5.33. The minimum absolute atomic E-state index is 0.167. The summed E-state index contributed by atoms with van der Waals surface area (Å²) in [6, 6.07) is 11.4. The highest BCUT2D eigenvalue weighted by atomic mass is 32.1. The van der Waals surface area contributed by atoms with Gasteiger partial charge in [-0.2, -0.15) is 11.3 Å². The van der Waals surface area contributed by atoms with Crippen LogP contribution in [0, 0.1) is 0 Å². The zero-order chi connectivity index (χ0) is 13.0. The quantitative estimate of drug-likeness (QED) is 0.885. The average Bonchev–Trinajstić information content (AvgIpc) is 2.90. The van der Waals surface area contributed by atoms with Crippen molar-refractivity contribution >= 4 is 17.2 Å². The van der Waals surface area contributed by atoms with Crippen LogP contribution in [0.1, 0.15) is 18.1 Å². The van der Waals surface area contributed by atoms with Crippen molar-refractivity contribution in [3.63, 3.8) is 0 Å². The van der Waals surface area contributed by atoms with Gasteiger partial charge in [-0.3, -0.25) is 4.79 Å². The molecule has 0 spiro atoms. The molecule has 1 aromatic heterocycles. The van der Waals surface area contributed by atoms with Crippen molar-refractivity contribution in [1.82, 2.24) is 5.32 Å². The molecule has 0 saturated carbocycles. The Morgan fingerprint density at radius 3 is 2.67 bits per heavy atom. The van der Waals surface area contributed by atoms with Gasteiger partial charge in [-0.25, -0.2) is 0 Å². The fourth-order valence-corrected chi connectivity index (χ4v) is 2.34. The van der Waals surface area contributed by atoms with Crippen molar-refractivity contribution in [2.45, 2.75) is 19.0 Å². The van der Waals surface area contributed by atoms with E-state index in [-0.39, 0.29) is 5.91 Å². The number of carbonyl (C=O) groups is 1. The summed E-state index contributed by atoms with van der Waals surface area (Å²) in [4.78, 5) is 12.1. The van der Waals surface area contributed by atoms with Crippen LogP contribution in [-0.4, -0.2) is 5.91 Å². The van der Waals surface area contributed by atoms with Crippen LogP contribution >= 0.6 is 11.3 Å². The van der Waals surface area contributed by atoms with Gasteiger partial charge in [0.15, 0.2) is 0 Å². The minimum atomic E-state index is -1.00. The summed E-state index contributed by atoms with van der Waals surface area (Å²) in [5, 5.41) is 6.86. The van der Waals surface area contributed by atoms with Gasteiger partial charge >= 0.3 is 0 Å². The highest BCUT2D eigenvalue weighted by Crippen LogP contribution is 2.17. The SMILES string of the molecule is CC(N)(C(=O)NCc1ccsc1)c1ccccc1. The minimum Gasteiger partial charge on any atom is -0.350 e. The molecule has 0 bridgehead atoms. The number of hydrogen-bond acceptors (Lipinski definition) is 3. The largest absolute Gasteiger partial charge is 0.350 e. The Morgan fingerprint density at radius 2 is 2.06 bits per heavy atom. The molecular weight excluding hydrogens is 244 g/mol. The van der Waals surface area contributed by atoms with E-state index < -0.39 is 5.54 Å². The molecule has 1 amide bonds. The highest BCUT2D eigenvalue weighted by molar-refractivity contribution is 7.07. The molecule has 2 aromatic rings. The first kappa shape index (κ1) is 12.8. The number of rotatable bonds is 4. The molecular formula is C14H16N2OS. The summed E-state index contributed by atoms with van der Waals surface area (Å²) in [5.41, 5.74) is 7.02. The molecule has 0 saturated heterocycles. The fraction of sp³-hybridized carbons (Fsp3) is 0.214. The molecule has 3 N–H and O–H groups in total. The van der Waals surface area contributed by atoms with Crippen molar-refractivity contribution in [2.75, 3.05) is 0 Å². The maximum Gasteiger partial charge on any atom is 0.244 e. The molecule has 18 heavy (non-hydrogen) atoms. The van der Waals surface area contributed by atoms with Crippen molar-refractivity contribution in [2.24, 2.45) is 5.73 Å². The van der Waals surface area contributed by atoms with E-state index in [1.165, 1.54) is 0 Å². The first-order valence-electron chi connectivity index (χ1n) is 5.74. The smallest absolute Gasteiger partial charge is 0.244 e. The van der Waals surface area contributed by atoms with Crippen LogP contribution in [-0.2, 0) is 16.9 Å². The predicted molar refractivity (Wildman–Crippen MR) is 74.1 cm³/mol. The number of thiophene rings is 1.